The zero-order valence-electron chi connectivity index (χ0n) is 11.6. The fraction of sp³-hybridized carbons (Fsp3) is 0.733. The second-order valence-corrected chi connectivity index (χ2v) is 5.75. The lowest BCUT2D eigenvalue weighted by Gasteiger charge is -2.36. The van der Waals surface area contributed by atoms with Crippen LogP contribution in [0.5, 0.6) is 0 Å². The average molecular weight is 260 g/mol. The second-order valence-electron chi connectivity index (χ2n) is 5.75. The van der Waals surface area contributed by atoms with Gasteiger partial charge in [-0.15, -0.1) is 0 Å². The largest absolute Gasteiger partial charge is 0.352 e. The molecule has 1 aromatic rings. The molecule has 0 radical (unpaired) electrons. The van der Waals surface area contributed by atoms with Crippen molar-refractivity contribution in [3.63, 3.8) is 0 Å². The number of nitrogens with zero attached hydrogens (tertiary/aromatic N) is 3. The van der Waals surface area contributed by atoms with Gasteiger partial charge in [-0.2, -0.15) is 0 Å². The minimum atomic E-state index is 0.636. The number of hydrogen-bond acceptors (Lipinski definition) is 4. The number of nitrogens with two attached hydrogens (primary N) is 1. The van der Waals surface area contributed by atoms with Crippen molar-refractivity contribution in [3.05, 3.63) is 17.6 Å². The fourth-order valence-corrected chi connectivity index (χ4v) is 3.58. The molecule has 0 amide bonds. The van der Waals surface area contributed by atoms with Crippen LogP contribution in [-0.4, -0.2) is 29.1 Å². The Bertz CT molecular complexity index is 426. The highest BCUT2D eigenvalue weighted by Gasteiger charge is 2.26. The van der Waals surface area contributed by atoms with Crippen molar-refractivity contribution in [3.8, 4) is 0 Å². The van der Waals surface area contributed by atoms with Gasteiger partial charge in [0.25, 0.3) is 0 Å². The maximum absolute atomic E-state index is 5.83. The SMILES string of the molecule is NCCN(c1ncnc2c1CCC2)C1CCCCC1. The first kappa shape index (κ1) is 12.9. The molecule has 0 aromatic carbocycles. The van der Waals surface area contributed by atoms with Gasteiger partial charge in [0.05, 0.1) is 0 Å². The van der Waals surface area contributed by atoms with Gasteiger partial charge in [0.15, 0.2) is 0 Å². The lowest BCUT2D eigenvalue weighted by atomic mass is 9.94. The third kappa shape index (κ3) is 2.59. The summed E-state index contributed by atoms with van der Waals surface area (Å²) < 4.78 is 0. The molecule has 0 bridgehead atoms. The summed E-state index contributed by atoms with van der Waals surface area (Å²) in [6, 6.07) is 0.636. The maximum atomic E-state index is 5.83. The Balaban J connectivity index is 1.89. The molecule has 1 fully saturated rings. The monoisotopic (exact) mass is 260 g/mol. The van der Waals surface area contributed by atoms with E-state index >= 15 is 0 Å². The molecule has 3 rings (SSSR count). The Kier molecular flexibility index (Phi) is 3.97. The van der Waals surface area contributed by atoms with Crippen LogP contribution in [0.4, 0.5) is 5.82 Å². The van der Waals surface area contributed by atoms with E-state index in [2.05, 4.69) is 14.9 Å². The Labute approximate surface area is 115 Å². The van der Waals surface area contributed by atoms with Crippen LogP contribution < -0.4 is 10.6 Å². The molecule has 4 nitrogen and oxygen atoms in total. The van der Waals surface area contributed by atoms with Gasteiger partial charge in [0, 0.05) is 30.4 Å². The van der Waals surface area contributed by atoms with Gasteiger partial charge in [0.1, 0.15) is 12.1 Å². The molecular formula is C15H24N4. The van der Waals surface area contributed by atoms with E-state index in [-0.39, 0.29) is 0 Å². The van der Waals surface area contributed by atoms with E-state index in [1.807, 2.05) is 0 Å². The van der Waals surface area contributed by atoms with Gasteiger partial charge in [-0.05, 0) is 32.1 Å². The van der Waals surface area contributed by atoms with Crippen LogP contribution in [0.2, 0.25) is 0 Å². The average Bonchev–Trinajstić information content (AvgIpc) is 2.94. The zero-order chi connectivity index (χ0) is 13.1. The molecule has 2 aliphatic carbocycles. The number of aryl methyl sites for hydroxylation is 1. The van der Waals surface area contributed by atoms with Crippen LogP contribution in [0.1, 0.15) is 49.8 Å². The standard InChI is InChI=1S/C15H24N4/c16-9-10-19(12-5-2-1-3-6-12)15-13-7-4-8-14(13)17-11-18-15/h11-12H,1-10,16H2. The predicted octanol–water partition coefficient (Wildman–Crippen LogP) is 2.06. The Morgan fingerprint density at radius 2 is 1.95 bits per heavy atom. The van der Waals surface area contributed by atoms with E-state index in [0.717, 1.165) is 19.4 Å². The van der Waals surface area contributed by atoms with Crippen molar-refractivity contribution < 1.29 is 0 Å². The summed E-state index contributed by atoms with van der Waals surface area (Å²) in [5.74, 6) is 1.18. The Morgan fingerprint density at radius 1 is 1.11 bits per heavy atom. The molecule has 0 atom stereocenters. The van der Waals surface area contributed by atoms with Crippen molar-refractivity contribution in [1.29, 1.82) is 0 Å². The molecule has 1 heterocycles. The number of fused-ring (bicyclic) bond motifs is 1. The maximum Gasteiger partial charge on any atom is 0.135 e. The highest BCUT2D eigenvalue weighted by molar-refractivity contribution is 5.51. The van der Waals surface area contributed by atoms with E-state index in [0.29, 0.717) is 12.6 Å². The Morgan fingerprint density at radius 3 is 2.74 bits per heavy atom. The van der Waals surface area contributed by atoms with Crippen molar-refractivity contribution in [1.82, 2.24) is 9.97 Å². The summed E-state index contributed by atoms with van der Waals surface area (Å²) in [5, 5.41) is 0. The van der Waals surface area contributed by atoms with Crippen LogP contribution in [0.3, 0.4) is 0 Å². The van der Waals surface area contributed by atoms with Crippen LogP contribution in [-0.2, 0) is 12.8 Å². The highest BCUT2D eigenvalue weighted by atomic mass is 15.2. The summed E-state index contributed by atoms with van der Waals surface area (Å²) in [5.41, 5.74) is 8.49. The number of anilines is 1. The first-order valence-electron chi connectivity index (χ1n) is 7.69. The lowest BCUT2D eigenvalue weighted by molar-refractivity contribution is 0.413. The molecule has 0 unspecified atom stereocenters. The smallest absolute Gasteiger partial charge is 0.135 e. The van der Waals surface area contributed by atoms with Crippen molar-refractivity contribution in [2.75, 3.05) is 18.0 Å². The number of aromatic nitrogens is 2. The second kappa shape index (κ2) is 5.87. The van der Waals surface area contributed by atoms with Crippen molar-refractivity contribution in [2.45, 2.75) is 57.4 Å². The van der Waals surface area contributed by atoms with Gasteiger partial charge in [-0.25, -0.2) is 9.97 Å². The van der Waals surface area contributed by atoms with Crippen LogP contribution in [0, 0.1) is 0 Å². The third-order valence-corrected chi connectivity index (χ3v) is 4.51. The summed E-state index contributed by atoms with van der Waals surface area (Å²) in [6.07, 6.45) is 11.9. The van der Waals surface area contributed by atoms with Gasteiger partial charge >= 0.3 is 0 Å². The highest BCUT2D eigenvalue weighted by Crippen LogP contribution is 2.32. The van der Waals surface area contributed by atoms with Crippen LogP contribution >= 0.6 is 0 Å². The first-order valence-corrected chi connectivity index (χ1v) is 7.69. The molecule has 4 heteroatoms. The van der Waals surface area contributed by atoms with Crippen molar-refractivity contribution in [2.24, 2.45) is 5.73 Å². The van der Waals surface area contributed by atoms with Crippen LogP contribution in [0.25, 0.3) is 0 Å². The molecule has 0 saturated heterocycles. The minimum Gasteiger partial charge on any atom is -0.352 e. The number of rotatable bonds is 4. The predicted molar refractivity (Wildman–Crippen MR) is 77.3 cm³/mol. The zero-order valence-corrected chi connectivity index (χ0v) is 11.6. The summed E-state index contributed by atoms with van der Waals surface area (Å²) in [4.78, 5) is 11.5. The molecule has 19 heavy (non-hydrogen) atoms. The molecule has 2 N–H and O–H groups in total. The summed E-state index contributed by atoms with van der Waals surface area (Å²) in [6.45, 7) is 1.63. The quantitative estimate of drug-likeness (QED) is 0.900. The third-order valence-electron chi connectivity index (χ3n) is 4.51. The van der Waals surface area contributed by atoms with Gasteiger partial charge in [-0.1, -0.05) is 19.3 Å². The van der Waals surface area contributed by atoms with E-state index in [1.54, 1.807) is 6.33 Å². The van der Waals surface area contributed by atoms with E-state index in [4.69, 9.17) is 5.73 Å². The molecule has 0 aliphatic heterocycles. The Hall–Kier alpha value is -1.16. The fourth-order valence-electron chi connectivity index (χ4n) is 3.58. The summed E-state index contributed by atoms with van der Waals surface area (Å²) in [7, 11) is 0. The molecule has 104 valence electrons. The van der Waals surface area contributed by atoms with Gasteiger partial charge in [0.2, 0.25) is 0 Å². The molecule has 0 spiro atoms. The van der Waals surface area contributed by atoms with Crippen LogP contribution in [0.15, 0.2) is 6.33 Å². The normalized spacial score (nSPS) is 19.4. The molecule has 2 aliphatic rings. The van der Waals surface area contributed by atoms with E-state index in [9.17, 15) is 0 Å². The minimum absolute atomic E-state index is 0.636. The van der Waals surface area contributed by atoms with Crippen molar-refractivity contribution >= 4 is 5.82 Å². The molecular weight excluding hydrogens is 236 g/mol. The molecule has 1 aromatic heterocycles. The number of hydrogen-bond donors (Lipinski definition) is 1. The molecule has 1 saturated carbocycles. The van der Waals surface area contributed by atoms with Gasteiger partial charge in [-0.3, -0.25) is 0 Å². The topological polar surface area (TPSA) is 55.0 Å². The van der Waals surface area contributed by atoms with Gasteiger partial charge < -0.3 is 10.6 Å². The lowest BCUT2D eigenvalue weighted by Crippen LogP contribution is -2.41. The first-order chi connectivity index (χ1) is 9.40. The van der Waals surface area contributed by atoms with E-state index < -0.39 is 0 Å². The van der Waals surface area contributed by atoms with E-state index in [1.165, 1.54) is 55.6 Å². The summed E-state index contributed by atoms with van der Waals surface area (Å²) >= 11 is 0.